The zero-order valence-electron chi connectivity index (χ0n) is 13.0. The Labute approximate surface area is 129 Å². The molecule has 0 aliphatic carbocycles. The van der Waals surface area contributed by atoms with Crippen LogP contribution in [0.1, 0.15) is 47.4 Å². The number of aryl methyl sites for hydroxylation is 2. The van der Waals surface area contributed by atoms with E-state index in [4.69, 9.17) is 9.63 Å². The SMILES string of the molecule is Cc1cc(C(=O)N2CCCC2CCCO)c2c(C)noc2n1. The summed E-state index contributed by atoms with van der Waals surface area (Å²) in [6.07, 6.45) is 3.59. The first-order valence-corrected chi connectivity index (χ1v) is 7.77. The van der Waals surface area contributed by atoms with Crippen LogP contribution < -0.4 is 0 Å². The zero-order valence-corrected chi connectivity index (χ0v) is 13.0. The molecule has 3 rings (SSSR count). The molecule has 0 radical (unpaired) electrons. The quantitative estimate of drug-likeness (QED) is 0.936. The second kappa shape index (κ2) is 6.04. The highest BCUT2D eigenvalue weighted by molar-refractivity contribution is 6.06. The minimum atomic E-state index is 0.0160. The lowest BCUT2D eigenvalue weighted by Crippen LogP contribution is -2.35. The number of fused-ring (bicyclic) bond motifs is 1. The van der Waals surface area contributed by atoms with Gasteiger partial charge >= 0.3 is 0 Å². The van der Waals surface area contributed by atoms with Crippen LogP contribution in [0.25, 0.3) is 11.1 Å². The van der Waals surface area contributed by atoms with Crippen LogP contribution in [-0.4, -0.2) is 45.2 Å². The van der Waals surface area contributed by atoms with Crippen LogP contribution in [0.5, 0.6) is 0 Å². The van der Waals surface area contributed by atoms with Crippen LogP contribution in [0.2, 0.25) is 0 Å². The van der Waals surface area contributed by atoms with Crippen LogP contribution in [0.15, 0.2) is 10.6 Å². The van der Waals surface area contributed by atoms with E-state index in [1.165, 1.54) is 0 Å². The molecular formula is C16H21N3O3. The number of hydrogen-bond donors (Lipinski definition) is 1. The molecule has 1 unspecified atom stereocenters. The first-order chi connectivity index (χ1) is 10.6. The summed E-state index contributed by atoms with van der Waals surface area (Å²) in [6.45, 7) is 4.61. The number of nitrogens with zero attached hydrogens (tertiary/aromatic N) is 3. The molecule has 2 aromatic rings. The average molecular weight is 303 g/mol. The van der Waals surface area contributed by atoms with Crippen molar-refractivity contribution in [2.45, 2.75) is 45.6 Å². The predicted octanol–water partition coefficient (Wildman–Crippen LogP) is 2.22. The van der Waals surface area contributed by atoms with Gasteiger partial charge in [0.2, 0.25) is 0 Å². The number of carbonyl (C=O) groups excluding carboxylic acids is 1. The predicted molar refractivity (Wildman–Crippen MR) is 81.7 cm³/mol. The Balaban J connectivity index is 1.96. The molecule has 1 aliphatic heterocycles. The van der Waals surface area contributed by atoms with E-state index in [2.05, 4.69) is 10.1 Å². The molecule has 1 atom stereocenters. The van der Waals surface area contributed by atoms with E-state index in [-0.39, 0.29) is 18.6 Å². The smallest absolute Gasteiger partial charge is 0.258 e. The maximum Gasteiger partial charge on any atom is 0.258 e. The molecule has 118 valence electrons. The van der Waals surface area contributed by atoms with E-state index in [1.54, 1.807) is 0 Å². The number of aliphatic hydroxyl groups is 1. The fraction of sp³-hybridized carbons (Fsp3) is 0.562. The Morgan fingerprint density at radius 2 is 2.32 bits per heavy atom. The molecule has 0 bridgehead atoms. The molecule has 22 heavy (non-hydrogen) atoms. The maximum absolute atomic E-state index is 13.0. The van der Waals surface area contributed by atoms with E-state index in [0.29, 0.717) is 22.4 Å². The Kier molecular flexibility index (Phi) is 4.11. The van der Waals surface area contributed by atoms with Gasteiger partial charge in [0.25, 0.3) is 11.6 Å². The Hall–Kier alpha value is -1.95. The lowest BCUT2D eigenvalue weighted by atomic mass is 10.1. The first kappa shape index (κ1) is 15.0. The highest BCUT2D eigenvalue weighted by atomic mass is 16.5. The molecule has 1 aliphatic rings. The third-order valence-corrected chi connectivity index (χ3v) is 4.31. The van der Waals surface area contributed by atoms with Gasteiger partial charge in [0.1, 0.15) is 0 Å². The van der Waals surface area contributed by atoms with Gasteiger partial charge in [0.15, 0.2) is 0 Å². The van der Waals surface area contributed by atoms with Crippen LogP contribution in [-0.2, 0) is 0 Å². The van der Waals surface area contributed by atoms with Crippen molar-refractivity contribution in [1.82, 2.24) is 15.0 Å². The van der Waals surface area contributed by atoms with Crippen molar-refractivity contribution in [1.29, 1.82) is 0 Å². The van der Waals surface area contributed by atoms with Gasteiger partial charge in [-0.3, -0.25) is 4.79 Å². The third kappa shape index (κ3) is 2.59. The van der Waals surface area contributed by atoms with E-state index in [1.807, 2.05) is 24.8 Å². The minimum absolute atomic E-state index is 0.0160. The normalized spacial score (nSPS) is 18.3. The summed E-state index contributed by atoms with van der Waals surface area (Å²) < 4.78 is 5.21. The van der Waals surface area contributed by atoms with Crippen LogP contribution in [0.3, 0.4) is 0 Å². The summed E-state index contributed by atoms with van der Waals surface area (Å²) in [4.78, 5) is 19.2. The summed E-state index contributed by atoms with van der Waals surface area (Å²) in [5, 5.41) is 13.7. The van der Waals surface area contributed by atoms with Crippen molar-refractivity contribution in [2.24, 2.45) is 0 Å². The molecular weight excluding hydrogens is 282 g/mol. The molecule has 0 aromatic carbocycles. The summed E-state index contributed by atoms with van der Waals surface area (Å²) >= 11 is 0. The van der Waals surface area contributed by atoms with Crippen molar-refractivity contribution in [2.75, 3.05) is 13.2 Å². The Bertz CT molecular complexity index is 695. The van der Waals surface area contributed by atoms with Crippen molar-refractivity contribution in [3.8, 4) is 0 Å². The number of likely N-dealkylation sites (tertiary alicyclic amines) is 1. The second-order valence-corrected chi connectivity index (χ2v) is 5.92. The molecule has 2 aromatic heterocycles. The zero-order chi connectivity index (χ0) is 15.7. The van der Waals surface area contributed by atoms with Crippen molar-refractivity contribution >= 4 is 17.0 Å². The van der Waals surface area contributed by atoms with Gasteiger partial charge < -0.3 is 14.5 Å². The van der Waals surface area contributed by atoms with E-state index >= 15 is 0 Å². The molecule has 6 nitrogen and oxygen atoms in total. The standard InChI is InChI=1S/C16H21N3O3/c1-10-9-13(14-11(2)18-22-15(14)17-10)16(21)19-7-3-5-12(19)6-4-8-20/h9,12,20H,3-8H2,1-2H3. The van der Waals surface area contributed by atoms with E-state index in [9.17, 15) is 4.79 Å². The van der Waals surface area contributed by atoms with Gasteiger partial charge in [-0.25, -0.2) is 4.98 Å². The molecule has 1 fully saturated rings. The number of aromatic nitrogens is 2. The Morgan fingerprint density at radius 3 is 3.09 bits per heavy atom. The Morgan fingerprint density at radius 1 is 1.50 bits per heavy atom. The van der Waals surface area contributed by atoms with Crippen LogP contribution in [0.4, 0.5) is 0 Å². The summed E-state index contributed by atoms with van der Waals surface area (Å²) in [5.74, 6) is 0.0160. The summed E-state index contributed by atoms with van der Waals surface area (Å²) in [5.41, 5.74) is 2.49. The summed E-state index contributed by atoms with van der Waals surface area (Å²) in [7, 11) is 0. The summed E-state index contributed by atoms with van der Waals surface area (Å²) in [6, 6.07) is 2.03. The number of hydrogen-bond acceptors (Lipinski definition) is 5. The third-order valence-electron chi connectivity index (χ3n) is 4.31. The van der Waals surface area contributed by atoms with Gasteiger partial charge in [-0.15, -0.1) is 0 Å². The van der Waals surface area contributed by atoms with Crippen molar-refractivity contribution in [3.63, 3.8) is 0 Å². The van der Waals surface area contributed by atoms with Crippen molar-refractivity contribution < 1.29 is 14.4 Å². The van der Waals surface area contributed by atoms with Crippen molar-refractivity contribution in [3.05, 3.63) is 23.0 Å². The van der Waals surface area contributed by atoms with Crippen LogP contribution >= 0.6 is 0 Å². The van der Waals surface area contributed by atoms with Gasteiger partial charge in [-0.05, 0) is 45.6 Å². The van der Waals surface area contributed by atoms with E-state index in [0.717, 1.165) is 37.9 Å². The molecule has 6 heteroatoms. The number of amides is 1. The maximum atomic E-state index is 13.0. The highest BCUT2D eigenvalue weighted by Crippen LogP contribution is 2.28. The lowest BCUT2D eigenvalue weighted by molar-refractivity contribution is 0.0726. The highest BCUT2D eigenvalue weighted by Gasteiger charge is 2.31. The van der Waals surface area contributed by atoms with Crippen LogP contribution in [0, 0.1) is 13.8 Å². The molecule has 1 saturated heterocycles. The molecule has 0 saturated carbocycles. The number of pyridine rings is 1. The molecule has 1 amide bonds. The molecule has 0 spiro atoms. The second-order valence-electron chi connectivity index (χ2n) is 5.92. The number of aliphatic hydroxyl groups excluding tert-OH is 1. The minimum Gasteiger partial charge on any atom is -0.396 e. The van der Waals surface area contributed by atoms with E-state index < -0.39 is 0 Å². The molecule has 3 heterocycles. The first-order valence-electron chi connectivity index (χ1n) is 7.77. The lowest BCUT2D eigenvalue weighted by Gasteiger charge is -2.25. The van der Waals surface area contributed by atoms with Gasteiger partial charge in [0, 0.05) is 24.9 Å². The fourth-order valence-electron chi connectivity index (χ4n) is 3.27. The monoisotopic (exact) mass is 303 g/mol. The largest absolute Gasteiger partial charge is 0.396 e. The van der Waals surface area contributed by atoms with Gasteiger partial charge in [-0.1, -0.05) is 5.16 Å². The fourth-order valence-corrected chi connectivity index (χ4v) is 3.27. The molecule has 1 N–H and O–H groups in total. The topological polar surface area (TPSA) is 79.5 Å². The number of carbonyl (C=O) groups is 1. The number of rotatable bonds is 4. The van der Waals surface area contributed by atoms with Gasteiger partial charge in [0.05, 0.1) is 16.6 Å². The average Bonchev–Trinajstić information content (AvgIpc) is 3.10. The van der Waals surface area contributed by atoms with Gasteiger partial charge in [-0.2, -0.15) is 0 Å².